The zero-order chi connectivity index (χ0) is 18.4. The van der Waals surface area contributed by atoms with Gasteiger partial charge in [-0.15, -0.1) is 0 Å². The fraction of sp³-hybridized carbons (Fsp3) is 0.350. The summed E-state index contributed by atoms with van der Waals surface area (Å²) >= 11 is 0. The normalized spacial score (nSPS) is 16.3. The molecule has 3 rings (SSSR count). The zero-order valence-corrected chi connectivity index (χ0v) is 14.9. The van der Waals surface area contributed by atoms with E-state index in [9.17, 15) is 9.59 Å². The molecule has 2 heterocycles. The Morgan fingerprint density at radius 2 is 2.00 bits per heavy atom. The molecule has 0 saturated carbocycles. The highest BCUT2D eigenvalue weighted by molar-refractivity contribution is 5.78. The molecule has 1 N–H and O–H groups in total. The van der Waals surface area contributed by atoms with E-state index in [2.05, 4.69) is 10.3 Å². The minimum atomic E-state index is -0.0899. The van der Waals surface area contributed by atoms with Crippen molar-refractivity contribution in [3.8, 4) is 5.75 Å². The standard InChI is InChI=1S/C20H23N3O3/c1-15(24)21-13-16-7-5-10-18(22-16)19-11-6-12-23(19)20(25)14-26-17-8-3-2-4-9-17/h2-5,7-10,19H,6,11-14H2,1H3,(H,21,24)/t19-/m0/s1. The molecule has 1 fully saturated rings. The van der Waals surface area contributed by atoms with Crippen LogP contribution in [-0.2, 0) is 16.1 Å². The number of hydrogen-bond acceptors (Lipinski definition) is 4. The van der Waals surface area contributed by atoms with Gasteiger partial charge in [0.1, 0.15) is 5.75 Å². The second kappa shape index (κ2) is 8.47. The lowest BCUT2D eigenvalue weighted by atomic mass is 10.1. The van der Waals surface area contributed by atoms with E-state index >= 15 is 0 Å². The minimum Gasteiger partial charge on any atom is -0.484 e. The Balaban J connectivity index is 1.64. The van der Waals surface area contributed by atoms with Crippen LogP contribution in [0.15, 0.2) is 48.5 Å². The maximum Gasteiger partial charge on any atom is 0.261 e. The summed E-state index contributed by atoms with van der Waals surface area (Å²) in [6, 6.07) is 15.0. The van der Waals surface area contributed by atoms with Gasteiger partial charge in [-0.2, -0.15) is 0 Å². The molecule has 6 heteroatoms. The number of aromatic nitrogens is 1. The van der Waals surface area contributed by atoms with Crippen LogP contribution < -0.4 is 10.1 Å². The molecular formula is C20H23N3O3. The number of likely N-dealkylation sites (tertiary alicyclic amines) is 1. The van der Waals surface area contributed by atoms with Crippen LogP contribution in [0.1, 0.15) is 37.2 Å². The molecule has 0 spiro atoms. The molecule has 6 nitrogen and oxygen atoms in total. The first kappa shape index (κ1) is 17.9. The zero-order valence-electron chi connectivity index (χ0n) is 14.9. The predicted octanol–water partition coefficient (Wildman–Crippen LogP) is 2.46. The molecule has 0 bridgehead atoms. The van der Waals surface area contributed by atoms with Gasteiger partial charge in [-0.1, -0.05) is 24.3 Å². The summed E-state index contributed by atoms with van der Waals surface area (Å²) in [6.07, 6.45) is 1.83. The van der Waals surface area contributed by atoms with Gasteiger partial charge in [0.05, 0.1) is 24.0 Å². The second-order valence-corrected chi connectivity index (χ2v) is 6.31. The van der Waals surface area contributed by atoms with Gasteiger partial charge in [-0.25, -0.2) is 0 Å². The third kappa shape index (κ3) is 4.59. The van der Waals surface area contributed by atoms with Crippen LogP contribution in [0.3, 0.4) is 0 Å². The highest BCUT2D eigenvalue weighted by Crippen LogP contribution is 2.31. The van der Waals surface area contributed by atoms with Gasteiger partial charge in [0.15, 0.2) is 6.61 Å². The average molecular weight is 353 g/mol. The van der Waals surface area contributed by atoms with Crippen molar-refractivity contribution in [1.29, 1.82) is 0 Å². The van der Waals surface area contributed by atoms with E-state index in [1.54, 1.807) is 0 Å². The summed E-state index contributed by atoms with van der Waals surface area (Å²) in [5.74, 6) is 0.561. The number of benzene rings is 1. The Morgan fingerprint density at radius 3 is 2.77 bits per heavy atom. The largest absolute Gasteiger partial charge is 0.484 e. The van der Waals surface area contributed by atoms with Crippen LogP contribution in [0.5, 0.6) is 5.75 Å². The Labute approximate surface area is 153 Å². The van der Waals surface area contributed by atoms with E-state index in [0.717, 1.165) is 24.2 Å². The highest BCUT2D eigenvalue weighted by Gasteiger charge is 2.31. The van der Waals surface area contributed by atoms with Crippen molar-refractivity contribution in [3.05, 3.63) is 59.9 Å². The van der Waals surface area contributed by atoms with E-state index in [1.165, 1.54) is 6.92 Å². The van der Waals surface area contributed by atoms with Crippen LogP contribution in [0, 0.1) is 0 Å². The molecule has 2 aromatic rings. The Morgan fingerprint density at radius 1 is 1.19 bits per heavy atom. The van der Waals surface area contributed by atoms with Crippen molar-refractivity contribution in [2.75, 3.05) is 13.2 Å². The number of para-hydroxylation sites is 1. The molecule has 1 aromatic heterocycles. The monoisotopic (exact) mass is 353 g/mol. The third-order valence-electron chi connectivity index (χ3n) is 4.37. The molecule has 1 atom stereocenters. The third-order valence-corrected chi connectivity index (χ3v) is 4.37. The van der Waals surface area contributed by atoms with Gasteiger partial charge in [0.25, 0.3) is 5.91 Å². The summed E-state index contributed by atoms with van der Waals surface area (Å²) in [6.45, 7) is 2.60. The van der Waals surface area contributed by atoms with Crippen LogP contribution in [0.25, 0.3) is 0 Å². The minimum absolute atomic E-state index is 0.0199. The van der Waals surface area contributed by atoms with Crippen molar-refractivity contribution in [3.63, 3.8) is 0 Å². The molecule has 2 amide bonds. The fourth-order valence-corrected chi connectivity index (χ4v) is 3.11. The lowest BCUT2D eigenvalue weighted by molar-refractivity contribution is -0.134. The number of amides is 2. The average Bonchev–Trinajstić information content (AvgIpc) is 3.15. The first-order valence-corrected chi connectivity index (χ1v) is 8.81. The van der Waals surface area contributed by atoms with E-state index < -0.39 is 0 Å². The first-order valence-electron chi connectivity index (χ1n) is 8.81. The molecule has 0 radical (unpaired) electrons. The summed E-state index contributed by atoms with van der Waals surface area (Å²) in [5, 5.41) is 2.75. The highest BCUT2D eigenvalue weighted by atomic mass is 16.5. The van der Waals surface area contributed by atoms with Crippen molar-refractivity contribution in [1.82, 2.24) is 15.2 Å². The molecule has 1 aliphatic heterocycles. The quantitative estimate of drug-likeness (QED) is 0.866. The summed E-state index contributed by atoms with van der Waals surface area (Å²) in [7, 11) is 0. The van der Waals surface area contributed by atoms with E-state index in [4.69, 9.17) is 4.74 Å². The molecule has 136 valence electrons. The van der Waals surface area contributed by atoms with Gasteiger partial charge in [0.2, 0.25) is 5.91 Å². The van der Waals surface area contributed by atoms with Gasteiger partial charge < -0.3 is 15.0 Å². The van der Waals surface area contributed by atoms with Gasteiger partial charge in [-0.05, 0) is 37.1 Å². The van der Waals surface area contributed by atoms with E-state index in [1.807, 2.05) is 53.4 Å². The molecular weight excluding hydrogens is 330 g/mol. The number of carbonyl (C=O) groups is 2. The fourth-order valence-electron chi connectivity index (χ4n) is 3.11. The van der Waals surface area contributed by atoms with Crippen LogP contribution in [0.4, 0.5) is 0 Å². The summed E-state index contributed by atoms with van der Waals surface area (Å²) in [5.41, 5.74) is 1.65. The summed E-state index contributed by atoms with van der Waals surface area (Å²) < 4.78 is 5.59. The molecule has 26 heavy (non-hydrogen) atoms. The van der Waals surface area contributed by atoms with Gasteiger partial charge >= 0.3 is 0 Å². The number of carbonyl (C=O) groups excluding carboxylic acids is 2. The number of hydrogen-bond donors (Lipinski definition) is 1. The molecule has 1 aromatic carbocycles. The smallest absolute Gasteiger partial charge is 0.261 e. The summed E-state index contributed by atoms with van der Waals surface area (Å²) in [4.78, 5) is 30.2. The molecule has 0 aliphatic carbocycles. The Kier molecular flexibility index (Phi) is 5.84. The van der Waals surface area contributed by atoms with E-state index in [0.29, 0.717) is 18.8 Å². The first-order chi connectivity index (χ1) is 12.6. The van der Waals surface area contributed by atoms with Crippen molar-refractivity contribution < 1.29 is 14.3 Å². The number of ether oxygens (including phenoxy) is 1. The van der Waals surface area contributed by atoms with Crippen LogP contribution >= 0.6 is 0 Å². The second-order valence-electron chi connectivity index (χ2n) is 6.31. The number of rotatable bonds is 6. The Bertz CT molecular complexity index is 764. The maximum absolute atomic E-state index is 12.6. The molecule has 1 aliphatic rings. The topological polar surface area (TPSA) is 71.5 Å². The maximum atomic E-state index is 12.6. The number of nitrogens with zero attached hydrogens (tertiary/aromatic N) is 2. The number of nitrogens with one attached hydrogen (secondary N) is 1. The Hall–Kier alpha value is -2.89. The van der Waals surface area contributed by atoms with Gasteiger partial charge in [-0.3, -0.25) is 14.6 Å². The van der Waals surface area contributed by atoms with E-state index in [-0.39, 0.29) is 24.5 Å². The van der Waals surface area contributed by atoms with Crippen LogP contribution in [-0.4, -0.2) is 34.8 Å². The SMILES string of the molecule is CC(=O)NCc1cccc([C@@H]2CCCN2C(=O)COc2ccccc2)n1. The van der Waals surface area contributed by atoms with Crippen molar-refractivity contribution in [2.24, 2.45) is 0 Å². The lowest BCUT2D eigenvalue weighted by Crippen LogP contribution is -2.35. The van der Waals surface area contributed by atoms with Gasteiger partial charge in [0, 0.05) is 13.5 Å². The van der Waals surface area contributed by atoms with Crippen LogP contribution in [0.2, 0.25) is 0 Å². The lowest BCUT2D eigenvalue weighted by Gasteiger charge is -2.24. The number of pyridine rings is 1. The molecule has 0 unspecified atom stereocenters. The predicted molar refractivity (Wildman–Crippen MR) is 97.4 cm³/mol. The van der Waals surface area contributed by atoms with Crippen molar-refractivity contribution in [2.45, 2.75) is 32.4 Å². The van der Waals surface area contributed by atoms with Crippen molar-refractivity contribution >= 4 is 11.8 Å². The molecule has 1 saturated heterocycles.